The van der Waals surface area contributed by atoms with E-state index < -0.39 is 12.2 Å². The van der Waals surface area contributed by atoms with E-state index >= 15 is 0 Å². The average Bonchev–Trinajstić information content (AvgIpc) is 3.33. The number of phenols is 1. The van der Waals surface area contributed by atoms with Crippen LogP contribution in [0, 0.1) is 0 Å². The molecule has 0 bridgehead atoms. The standard InChI is InChI=1S/C26H24N2O7/c1-32-21-11-9-16(23(26(30)31)24(21)34-3)25-28-18(15-6-4-5-7-20(15)35-25)13-17(27-28)14-8-10-19(29)22(12-14)33-2/h4-12,18,25,29H,13H2,1-3H3,(H,30,31)/t18-,25+/m0/s1. The number of phenolic OH excluding ortho intramolecular Hbond substituents is 1. The molecule has 3 aromatic carbocycles. The van der Waals surface area contributed by atoms with Gasteiger partial charge in [0.2, 0.25) is 6.23 Å². The molecule has 9 heteroatoms. The third-order valence-electron chi connectivity index (χ3n) is 6.27. The van der Waals surface area contributed by atoms with E-state index in [0.29, 0.717) is 29.2 Å². The molecule has 5 rings (SSSR count). The molecule has 0 unspecified atom stereocenters. The fraction of sp³-hybridized carbons (Fsp3) is 0.231. The van der Waals surface area contributed by atoms with Crippen LogP contribution in [0.25, 0.3) is 0 Å². The number of hydrazone groups is 1. The maximum Gasteiger partial charge on any atom is 0.340 e. The summed E-state index contributed by atoms with van der Waals surface area (Å²) < 4.78 is 22.3. The molecule has 0 spiro atoms. The fourth-order valence-electron chi connectivity index (χ4n) is 4.64. The lowest BCUT2D eigenvalue weighted by molar-refractivity contribution is -0.0199. The van der Waals surface area contributed by atoms with Crippen molar-refractivity contribution in [3.8, 4) is 28.7 Å². The smallest absolute Gasteiger partial charge is 0.340 e. The quantitative estimate of drug-likeness (QED) is 0.540. The van der Waals surface area contributed by atoms with E-state index in [1.807, 2.05) is 24.3 Å². The third-order valence-corrected chi connectivity index (χ3v) is 6.27. The van der Waals surface area contributed by atoms with Crippen LogP contribution in [0.1, 0.15) is 45.7 Å². The molecule has 2 aliphatic rings. The normalized spacial score (nSPS) is 18.1. The number of nitrogens with zero attached hydrogens (tertiary/aromatic N) is 2. The number of hydrogen-bond acceptors (Lipinski definition) is 8. The van der Waals surface area contributed by atoms with Gasteiger partial charge < -0.3 is 29.2 Å². The highest BCUT2D eigenvalue weighted by molar-refractivity contribution is 6.02. The van der Waals surface area contributed by atoms with E-state index in [2.05, 4.69) is 0 Å². The van der Waals surface area contributed by atoms with Crippen LogP contribution in [0.4, 0.5) is 0 Å². The molecular weight excluding hydrogens is 452 g/mol. The summed E-state index contributed by atoms with van der Waals surface area (Å²) >= 11 is 0. The van der Waals surface area contributed by atoms with Crippen LogP contribution in [-0.2, 0) is 0 Å². The Morgan fingerprint density at radius 3 is 2.49 bits per heavy atom. The number of aromatic hydroxyl groups is 1. The van der Waals surface area contributed by atoms with Gasteiger partial charge >= 0.3 is 5.97 Å². The van der Waals surface area contributed by atoms with Crippen molar-refractivity contribution in [2.75, 3.05) is 21.3 Å². The maximum atomic E-state index is 12.4. The van der Waals surface area contributed by atoms with Gasteiger partial charge in [0, 0.05) is 23.1 Å². The molecule has 9 nitrogen and oxygen atoms in total. The van der Waals surface area contributed by atoms with Gasteiger partial charge in [-0.3, -0.25) is 0 Å². The summed E-state index contributed by atoms with van der Waals surface area (Å²) in [5.41, 5.74) is 2.84. The Morgan fingerprint density at radius 1 is 1.00 bits per heavy atom. The Bertz CT molecular complexity index is 1340. The van der Waals surface area contributed by atoms with Crippen LogP contribution < -0.4 is 18.9 Å². The van der Waals surface area contributed by atoms with Gasteiger partial charge in [-0.1, -0.05) is 18.2 Å². The zero-order valence-corrected chi connectivity index (χ0v) is 19.4. The summed E-state index contributed by atoms with van der Waals surface area (Å²) in [7, 11) is 4.34. The topological polar surface area (TPSA) is 110 Å². The molecule has 0 saturated carbocycles. The summed E-state index contributed by atoms with van der Waals surface area (Å²) in [6.45, 7) is 0. The van der Waals surface area contributed by atoms with Gasteiger partial charge in [0.15, 0.2) is 23.0 Å². The SMILES string of the molecule is COc1cc(C2=NN3[C@@H](c4ccc(OC)c(OC)c4C(=O)O)Oc4ccccc4[C@@H]3C2)ccc1O. The van der Waals surface area contributed by atoms with E-state index in [4.69, 9.17) is 24.0 Å². The van der Waals surface area contributed by atoms with E-state index in [0.717, 1.165) is 16.8 Å². The molecule has 0 saturated heterocycles. The first-order valence-corrected chi connectivity index (χ1v) is 10.9. The minimum atomic E-state index is -1.17. The van der Waals surface area contributed by atoms with E-state index in [-0.39, 0.29) is 23.1 Å². The fourth-order valence-corrected chi connectivity index (χ4v) is 4.64. The highest BCUT2D eigenvalue weighted by atomic mass is 16.5. The molecule has 2 N–H and O–H groups in total. The van der Waals surface area contributed by atoms with Crippen molar-refractivity contribution in [1.82, 2.24) is 5.01 Å². The van der Waals surface area contributed by atoms with Gasteiger partial charge in [-0.15, -0.1) is 0 Å². The summed E-state index contributed by atoms with van der Waals surface area (Å²) in [6.07, 6.45) is -0.266. The van der Waals surface area contributed by atoms with Gasteiger partial charge in [0.1, 0.15) is 11.3 Å². The van der Waals surface area contributed by atoms with Crippen molar-refractivity contribution in [2.45, 2.75) is 18.7 Å². The van der Waals surface area contributed by atoms with Gasteiger partial charge in [0.05, 0.1) is 33.1 Å². The molecule has 0 amide bonds. The molecule has 2 aliphatic heterocycles. The molecule has 3 aromatic rings. The Balaban J connectivity index is 1.66. The third kappa shape index (κ3) is 3.65. The lowest BCUT2D eigenvalue weighted by Crippen LogP contribution is -2.34. The molecule has 2 atom stereocenters. The summed E-state index contributed by atoms with van der Waals surface area (Å²) in [4.78, 5) is 12.4. The number of ether oxygens (including phenoxy) is 4. The zero-order valence-electron chi connectivity index (χ0n) is 19.4. The van der Waals surface area contributed by atoms with Crippen molar-refractivity contribution in [3.05, 3.63) is 76.9 Å². The minimum absolute atomic E-state index is 0.0375. The van der Waals surface area contributed by atoms with Crippen molar-refractivity contribution in [1.29, 1.82) is 0 Å². The van der Waals surface area contributed by atoms with Gasteiger partial charge in [-0.2, -0.15) is 5.10 Å². The number of benzene rings is 3. The Morgan fingerprint density at radius 2 is 1.77 bits per heavy atom. The lowest BCUT2D eigenvalue weighted by Gasteiger charge is -2.38. The lowest BCUT2D eigenvalue weighted by atomic mass is 9.95. The molecule has 35 heavy (non-hydrogen) atoms. The zero-order chi connectivity index (χ0) is 24.7. The summed E-state index contributed by atoms with van der Waals surface area (Å²) in [6, 6.07) is 15.9. The highest BCUT2D eigenvalue weighted by Gasteiger charge is 2.43. The van der Waals surface area contributed by atoms with Gasteiger partial charge in [-0.25, -0.2) is 9.80 Å². The van der Waals surface area contributed by atoms with Gasteiger partial charge in [0.25, 0.3) is 0 Å². The summed E-state index contributed by atoms with van der Waals surface area (Å²) in [5.74, 6) is 0.296. The second kappa shape index (κ2) is 8.75. The van der Waals surface area contributed by atoms with Crippen LogP contribution in [0.15, 0.2) is 59.7 Å². The van der Waals surface area contributed by atoms with E-state index in [1.54, 1.807) is 35.3 Å². The second-order valence-electron chi connectivity index (χ2n) is 8.11. The molecule has 0 aliphatic carbocycles. The van der Waals surface area contributed by atoms with Crippen molar-refractivity contribution in [2.24, 2.45) is 5.10 Å². The largest absolute Gasteiger partial charge is 0.504 e. The molecule has 180 valence electrons. The number of carboxylic acid groups (broad SMARTS) is 1. The van der Waals surface area contributed by atoms with Crippen LogP contribution >= 0.6 is 0 Å². The first-order valence-electron chi connectivity index (χ1n) is 10.9. The Labute approximate surface area is 201 Å². The number of methoxy groups -OCH3 is 3. The van der Waals surface area contributed by atoms with E-state index in [1.165, 1.54) is 21.3 Å². The number of aromatic carboxylic acids is 1. The van der Waals surface area contributed by atoms with Crippen LogP contribution in [0.5, 0.6) is 28.7 Å². The number of rotatable bonds is 6. The number of para-hydroxylation sites is 1. The molecule has 0 fully saturated rings. The van der Waals surface area contributed by atoms with Crippen molar-refractivity contribution >= 4 is 11.7 Å². The number of carboxylic acids is 1. The number of hydrogen-bond donors (Lipinski definition) is 2. The maximum absolute atomic E-state index is 12.4. The van der Waals surface area contributed by atoms with Crippen molar-refractivity contribution < 1.29 is 34.0 Å². The predicted molar refractivity (Wildman–Crippen MR) is 127 cm³/mol. The second-order valence-corrected chi connectivity index (χ2v) is 8.11. The first kappa shape index (κ1) is 22.4. The average molecular weight is 476 g/mol. The van der Waals surface area contributed by atoms with E-state index in [9.17, 15) is 15.0 Å². The van der Waals surface area contributed by atoms with Crippen LogP contribution in [0.3, 0.4) is 0 Å². The molecular formula is C26H24N2O7. The molecule has 0 radical (unpaired) electrons. The monoisotopic (exact) mass is 476 g/mol. The summed E-state index contributed by atoms with van der Waals surface area (Å²) in [5, 5.41) is 26.7. The Kier molecular flexibility index (Phi) is 5.60. The van der Waals surface area contributed by atoms with Crippen LogP contribution in [-0.4, -0.2) is 48.2 Å². The predicted octanol–water partition coefficient (Wildman–Crippen LogP) is 4.36. The highest BCUT2D eigenvalue weighted by Crippen LogP contribution is 2.49. The Hall–Kier alpha value is -4.40. The molecule has 2 heterocycles. The first-order chi connectivity index (χ1) is 17.0. The van der Waals surface area contributed by atoms with Crippen molar-refractivity contribution in [3.63, 3.8) is 0 Å². The number of fused-ring (bicyclic) bond motifs is 3. The minimum Gasteiger partial charge on any atom is -0.504 e. The number of carbonyl (C=O) groups is 1. The van der Waals surface area contributed by atoms with Gasteiger partial charge in [-0.05, 0) is 36.4 Å². The molecule has 0 aromatic heterocycles. The van der Waals surface area contributed by atoms with Crippen LogP contribution in [0.2, 0.25) is 0 Å².